The number of hydroxylamine groups is 2. The number of hydrogen-bond acceptors (Lipinski definition) is 11. The van der Waals surface area contributed by atoms with E-state index in [0.29, 0.717) is 6.42 Å². The maximum Gasteiger partial charge on any atom is 0.326 e. The van der Waals surface area contributed by atoms with Crippen LogP contribution in [-0.4, -0.2) is 78.7 Å². The zero-order valence-electron chi connectivity index (χ0n) is 20.2. The van der Waals surface area contributed by atoms with Gasteiger partial charge in [-0.1, -0.05) is 30.3 Å². The highest BCUT2D eigenvalue weighted by Crippen LogP contribution is 2.43. The Kier molecular flexibility index (Phi) is 7.72. The van der Waals surface area contributed by atoms with E-state index in [0.717, 1.165) is 5.56 Å². The number of ether oxygens (including phenoxy) is 6. The number of esters is 3. The molecule has 0 N–H and O–H groups in total. The molecule has 1 aromatic rings. The van der Waals surface area contributed by atoms with Gasteiger partial charge in [0.15, 0.2) is 18.1 Å². The Morgan fingerprint density at radius 3 is 2.46 bits per heavy atom. The summed E-state index contributed by atoms with van der Waals surface area (Å²) < 4.78 is 34.4. The second-order valence-electron chi connectivity index (χ2n) is 9.10. The summed E-state index contributed by atoms with van der Waals surface area (Å²) in [6.45, 7) is 6.22. The molecule has 35 heavy (non-hydrogen) atoms. The van der Waals surface area contributed by atoms with Gasteiger partial charge in [0.05, 0.1) is 6.61 Å². The zero-order chi connectivity index (χ0) is 25.2. The molecule has 0 radical (unpaired) electrons. The molecule has 192 valence electrons. The summed E-state index contributed by atoms with van der Waals surface area (Å²) in [6.07, 6.45) is -3.55. The van der Waals surface area contributed by atoms with Gasteiger partial charge in [-0.15, -0.1) is 5.06 Å². The van der Waals surface area contributed by atoms with Crippen LogP contribution < -0.4 is 0 Å². The van der Waals surface area contributed by atoms with Crippen molar-refractivity contribution >= 4 is 17.9 Å². The standard InChI is InChI=1S/C24H31NO10/c1-14(26)29-13-18(32-15(2)27)19-20-21(35-24(3,4)34-20)22(33-19)25-17(10-11-31-25)23(28)30-12-16-8-6-5-7-9-16/h5-9,17-22H,10-13H2,1-4H3/t17-,18-,19-,20+,21+,22+/m1/s1. The quantitative estimate of drug-likeness (QED) is 0.387. The van der Waals surface area contributed by atoms with Gasteiger partial charge in [-0.3, -0.25) is 19.2 Å². The van der Waals surface area contributed by atoms with Crippen LogP contribution in [-0.2, 0) is 54.2 Å². The molecule has 0 spiro atoms. The summed E-state index contributed by atoms with van der Waals surface area (Å²) in [5.41, 5.74) is 0.868. The van der Waals surface area contributed by atoms with Crippen LogP contribution in [0.4, 0.5) is 0 Å². The van der Waals surface area contributed by atoms with Crippen molar-refractivity contribution in [3.05, 3.63) is 35.9 Å². The highest BCUT2D eigenvalue weighted by Gasteiger charge is 2.61. The third-order valence-electron chi connectivity index (χ3n) is 5.89. The molecule has 0 unspecified atom stereocenters. The second kappa shape index (κ2) is 10.6. The lowest BCUT2D eigenvalue weighted by molar-refractivity contribution is -0.281. The minimum atomic E-state index is -0.957. The van der Waals surface area contributed by atoms with Gasteiger partial charge in [-0.25, -0.2) is 0 Å². The minimum absolute atomic E-state index is 0.133. The van der Waals surface area contributed by atoms with E-state index >= 15 is 0 Å². The summed E-state index contributed by atoms with van der Waals surface area (Å²) in [4.78, 5) is 41.9. The van der Waals surface area contributed by atoms with E-state index in [-0.39, 0.29) is 19.8 Å². The van der Waals surface area contributed by atoms with Gasteiger partial charge in [0, 0.05) is 20.3 Å². The van der Waals surface area contributed by atoms with E-state index in [1.807, 2.05) is 30.3 Å². The number of rotatable bonds is 8. The third kappa shape index (κ3) is 5.99. The molecule has 3 aliphatic heterocycles. The van der Waals surface area contributed by atoms with Gasteiger partial charge in [-0.05, 0) is 19.4 Å². The normalized spacial score (nSPS) is 30.5. The van der Waals surface area contributed by atoms with E-state index in [4.69, 9.17) is 33.3 Å². The van der Waals surface area contributed by atoms with Gasteiger partial charge in [0.2, 0.25) is 0 Å². The molecular weight excluding hydrogens is 462 g/mol. The fourth-order valence-corrected chi connectivity index (χ4v) is 4.50. The van der Waals surface area contributed by atoms with E-state index in [1.54, 1.807) is 13.8 Å². The van der Waals surface area contributed by atoms with Gasteiger partial charge < -0.3 is 28.4 Å². The van der Waals surface area contributed by atoms with Crippen LogP contribution in [0.2, 0.25) is 0 Å². The van der Waals surface area contributed by atoms with E-state index in [9.17, 15) is 14.4 Å². The molecule has 0 saturated carbocycles. The number of carbonyl (C=O) groups is 3. The lowest BCUT2D eigenvalue weighted by Crippen LogP contribution is -2.49. The van der Waals surface area contributed by atoms with Crippen LogP contribution in [0.25, 0.3) is 0 Å². The van der Waals surface area contributed by atoms with Crippen LogP contribution in [0.5, 0.6) is 0 Å². The Morgan fingerprint density at radius 2 is 1.77 bits per heavy atom. The molecule has 0 aliphatic carbocycles. The van der Waals surface area contributed by atoms with Crippen LogP contribution in [0.15, 0.2) is 30.3 Å². The van der Waals surface area contributed by atoms with E-state index in [1.165, 1.54) is 18.9 Å². The van der Waals surface area contributed by atoms with Crippen LogP contribution in [0.1, 0.15) is 39.7 Å². The highest BCUT2D eigenvalue weighted by molar-refractivity contribution is 5.76. The Hall–Kier alpha value is -2.57. The summed E-state index contributed by atoms with van der Waals surface area (Å²) >= 11 is 0. The van der Waals surface area contributed by atoms with Crippen LogP contribution >= 0.6 is 0 Å². The molecule has 0 amide bonds. The van der Waals surface area contributed by atoms with Gasteiger partial charge >= 0.3 is 17.9 Å². The molecule has 3 fully saturated rings. The van der Waals surface area contributed by atoms with Crippen molar-refractivity contribution in [2.45, 2.75) is 83.2 Å². The molecule has 1 aromatic carbocycles. The van der Waals surface area contributed by atoms with Crippen molar-refractivity contribution in [2.24, 2.45) is 0 Å². The van der Waals surface area contributed by atoms with Crippen molar-refractivity contribution in [3.63, 3.8) is 0 Å². The Bertz CT molecular complexity index is 922. The van der Waals surface area contributed by atoms with Gasteiger partial charge in [0.1, 0.15) is 37.6 Å². The van der Waals surface area contributed by atoms with E-state index < -0.39 is 60.4 Å². The largest absolute Gasteiger partial charge is 0.462 e. The first-order valence-corrected chi connectivity index (χ1v) is 11.6. The molecular formula is C24H31NO10. The van der Waals surface area contributed by atoms with Crippen molar-refractivity contribution < 1.29 is 47.6 Å². The molecule has 4 rings (SSSR count). The van der Waals surface area contributed by atoms with Crippen LogP contribution in [0.3, 0.4) is 0 Å². The average molecular weight is 494 g/mol. The Morgan fingerprint density at radius 1 is 1.06 bits per heavy atom. The first kappa shape index (κ1) is 25.5. The predicted molar refractivity (Wildman–Crippen MR) is 117 cm³/mol. The number of hydrogen-bond donors (Lipinski definition) is 0. The Balaban J connectivity index is 1.51. The van der Waals surface area contributed by atoms with Crippen molar-refractivity contribution in [3.8, 4) is 0 Å². The fourth-order valence-electron chi connectivity index (χ4n) is 4.50. The molecule has 0 bridgehead atoms. The molecule has 6 atom stereocenters. The van der Waals surface area contributed by atoms with Gasteiger partial charge in [0.25, 0.3) is 0 Å². The van der Waals surface area contributed by atoms with Crippen LogP contribution in [0, 0.1) is 0 Å². The molecule has 3 heterocycles. The molecule has 3 saturated heterocycles. The smallest absolute Gasteiger partial charge is 0.326 e. The SMILES string of the molecule is CC(=O)OC[C@@H](OC(C)=O)[C@H]1O[C@H](N2OCC[C@@H]2C(=O)OCc2ccccc2)[C@H]2OC(C)(C)O[C@@H]12. The maximum atomic E-state index is 12.9. The predicted octanol–water partition coefficient (Wildman–Crippen LogP) is 1.48. The number of benzene rings is 1. The number of nitrogens with zero attached hydrogens (tertiary/aromatic N) is 1. The number of carbonyl (C=O) groups excluding carboxylic acids is 3. The summed E-state index contributed by atoms with van der Waals surface area (Å²) in [6, 6.07) is 8.64. The summed E-state index contributed by atoms with van der Waals surface area (Å²) in [7, 11) is 0. The fraction of sp³-hybridized carbons (Fsp3) is 0.625. The minimum Gasteiger partial charge on any atom is -0.462 e. The second-order valence-corrected chi connectivity index (χ2v) is 9.10. The van der Waals surface area contributed by atoms with Crippen molar-refractivity contribution in [1.82, 2.24) is 5.06 Å². The molecule has 11 nitrogen and oxygen atoms in total. The Labute approximate surface area is 203 Å². The third-order valence-corrected chi connectivity index (χ3v) is 5.89. The van der Waals surface area contributed by atoms with Crippen molar-refractivity contribution in [2.75, 3.05) is 13.2 Å². The molecule has 11 heteroatoms. The monoisotopic (exact) mass is 493 g/mol. The average Bonchev–Trinajstić information content (AvgIpc) is 3.48. The first-order chi connectivity index (χ1) is 16.6. The lowest BCUT2D eigenvalue weighted by Gasteiger charge is -2.32. The first-order valence-electron chi connectivity index (χ1n) is 11.6. The zero-order valence-corrected chi connectivity index (χ0v) is 20.2. The molecule has 0 aromatic heterocycles. The maximum absolute atomic E-state index is 12.9. The van der Waals surface area contributed by atoms with E-state index in [2.05, 4.69) is 0 Å². The topological polar surface area (TPSA) is 119 Å². The highest BCUT2D eigenvalue weighted by atomic mass is 16.8. The van der Waals surface area contributed by atoms with Crippen molar-refractivity contribution in [1.29, 1.82) is 0 Å². The summed E-state index contributed by atoms with van der Waals surface area (Å²) in [5, 5.41) is 1.44. The van der Waals surface area contributed by atoms with Gasteiger partial charge in [-0.2, -0.15) is 0 Å². The molecule has 3 aliphatic rings. The summed E-state index contributed by atoms with van der Waals surface area (Å²) in [5.74, 6) is -2.50. The lowest BCUT2D eigenvalue weighted by atomic mass is 10.1. The number of fused-ring (bicyclic) bond motifs is 1.